The molecule has 10 nitrogen and oxygen atoms in total. The van der Waals surface area contributed by atoms with E-state index in [-0.39, 0.29) is 11.1 Å². The quantitative estimate of drug-likeness (QED) is 0.436. The Hall–Kier alpha value is -4.34. The highest BCUT2D eigenvalue weighted by atomic mass is 16.6. The fourth-order valence-corrected chi connectivity index (χ4v) is 4.31. The number of amides is 2. The van der Waals surface area contributed by atoms with Crippen molar-refractivity contribution in [1.82, 2.24) is 24.7 Å². The monoisotopic (exact) mass is 442 g/mol. The molecule has 0 radical (unpaired) electrons. The Kier molecular flexibility index (Phi) is 4.00. The van der Waals surface area contributed by atoms with E-state index in [2.05, 4.69) is 20.1 Å². The van der Waals surface area contributed by atoms with Crippen LogP contribution in [0.15, 0.2) is 30.5 Å². The third-order valence-corrected chi connectivity index (χ3v) is 5.67. The average Bonchev–Trinajstić information content (AvgIpc) is 3.26. The highest BCUT2D eigenvalue weighted by Gasteiger charge is 2.40. The van der Waals surface area contributed by atoms with Gasteiger partial charge in [0.2, 0.25) is 0 Å². The van der Waals surface area contributed by atoms with Gasteiger partial charge in [0.15, 0.2) is 17.1 Å². The number of nitrogens with zero attached hydrogens (tertiary/aromatic N) is 6. The minimum Gasteiger partial charge on any atom is -0.486 e. The molecule has 2 amide bonds. The minimum atomic E-state index is -0.448. The number of hydrogen-bond donors (Lipinski definition) is 0. The molecule has 0 spiro atoms. The predicted molar refractivity (Wildman–Crippen MR) is 117 cm³/mol. The van der Waals surface area contributed by atoms with Crippen molar-refractivity contribution < 1.29 is 19.1 Å². The Labute approximate surface area is 187 Å². The standard InChI is InChI=1S/C23H18N6O4/c1-11-8-12(2)26-23(25-11)29-20-18(13(3)27-29)19-15(10-24-20)21(30)28(22(19)31)14-4-5-16-17(9-14)33-7-6-32-16/h4-5,8-10H,6-7H2,1-3H3. The molecule has 0 atom stereocenters. The van der Waals surface area contributed by atoms with Crippen molar-refractivity contribution in [3.05, 3.63) is 58.7 Å². The number of benzene rings is 1. The first-order chi connectivity index (χ1) is 15.9. The highest BCUT2D eigenvalue weighted by molar-refractivity contribution is 6.37. The molecule has 0 unspecified atom stereocenters. The number of aromatic nitrogens is 5. The fraction of sp³-hybridized carbons (Fsp3) is 0.217. The number of ether oxygens (including phenoxy) is 2. The summed E-state index contributed by atoms with van der Waals surface area (Å²) in [5.74, 6) is 0.545. The van der Waals surface area contributed by atoms with Crippen LogP contribution in [0.1, 0.15) is 37.8 Å². The normalized spacial score (nSPS) is 14.8. The molecule has 0 N–H and O–H groups in total. The predicted octanol–water partition coefficient (Wildman–Crippen LogP) is 2.71. The SMILES string of the molecule is Cc1cc(C)nc(-n2nc(C)c3c4c(cnc32)C(=O)N(c2ccc3c(c2)OCCO3)C4=O)n1. The van der Waals surface area contributed by atoms with Crippen LogP contribution in [0, 0.1) is 20.8 Å². The summed E-state index contributed by atoms with van der Waals surface area (Å²) in [6, 6.07) is 6.86. The van der Waals surface area contributed by atoms with Crippen LogP contribution in [0.5, 0.6) is 11.5 Å². The number of aryl methyl sites for hydroxylation is 3. The fourth-order valence-electron chi connectivity index (χ4n) is 4.31. The Balaban J connectivity index is 1.50. The molecule has 6 rings (SSSR count). The number of carbonyl (C=O) groups is 2. The van der Waals surface area contributed by atoms with Gasteiger partial charge in [0.1, 0.15) is 13.2 Å². The molecule has 0 aliphatic carbocycles. The molecule has 0 fully saturated rings. The molecule has 2 aliphatic heterocycles. The zero-order valence-electron chi connectivity index (χ0n) is 18.1. The van der Waals surface area contributed by atoms with Crippen molar-refractivity contribution in [2.75, 3.05) is 18.1 Å². The van der Waals surface area contributed by atoms with Gasteiger partial charge in [0.05, 0.1) is 27.9 Å². The highest BCUT2D eigenvalue weighted by Crippen LogP contribution is 2.38. The lowest BCUT2D eigenvalue weighted by molar-refractivity contribution is 0.0926. The lowest BCUT2D eigenvalue weighted by Crippen LogP contribution is -2.29. The third kappa shape index (κ3) is 2.80. The Morgan fingerprint density at radius 1 is 0.909 bits per heavy atom. The molecule has 0 saturated carbocycles. The van der Waals surface area contributed by atoms with Gasteiger partial charge in [-0.25, -0.2) is 19.9 Å². The minimum absolute atomic E-state index is 0.228. The van der Waals surface area contributed by atoms with E-state index in [4.69, 9.17) is 9.47 Å². The van der Waals surface area contributed by atoms with E-state index in [1.807, 2.05) is 19.9 Å². The Morgan fingerprint density at radius 3 is 2.39 bits per heavy atom. The largest absolute Gasteiger partial charge is 0.486 e. The van der Waals surface area contributed by atoms with Crippen molar-refractivity contribution in [2.45, 2.75) is 20.8 Å². The maximum Gasteiger partial charge on any atom is 0.267 e. The van der Waals surface area contributed by atoms with Crippen LogP contribution < -0.4 is 14.4 Å². The van der Waals surface area contributed by atoms with Crippen molar-refractivity contribution in [2.24, 2.45) is 0 Å². The van der Waals surface area contributed by atoms with Crippen LogP contribution in [0.2, 0.25) is 0 Å². The third-order valence-electron chi connectivity index (χ3n) is 5.67. The molecular formula is C23H18N6O4. The van der Waals surface area contributed by atoms with Crippen LogP contribution in [-0.2, 0) is 0 Å². The van der Waals surface area contributed by atoms with Crippen molar-refractivity contribution in [1.29, 1.82) is 0 Å². The van der Waals surface area contributed by atoms with Crippen LogP contribution in [-0.4, -0.2) is 49.8 Å². The first-order valence-electron chi connectivity index (χ1n) is 10.4. The molecule has 2 aliphatic rings. The van der Waals surface area contributed by atoms with E-state index < -0.39 is 11.8 Å². The van der Waals surface area contributed by atoms with E-state index in [1.165, 1.54) is 10.9 Å². The second-order valence-corrected chi connectivity index (χ2v) is 7.97. The van der Waals surface area contributed by atoms with Gasteiger partial charge in [-0.2, -0.15) is 9.78 Å². The van der Waals surface area contributed by atoms with Crippen LogP contribution in [0.3, 0.4) is 0 Å². The number of imide groups is 1. The van der Waals surface area contributed by atoms with Gasteiger partial charge < -0.3 is 9.47 Å². The van der Waals surface area contributed by atoms with Crippen LogP contribution in [0.4, 0.5) is 5.69 Å². The van der Waals surface area contributed by atoms with Crippen LogP contribution in [0.25, 0.3) is 17.0 Å². The summed E-state index contributed by atoms with van der Waals surface area (Å²) >= 11 is 0. The average molecular weight is 442 g/mol. The zero-order valence-corrected chi connectivity index (χ0v) is 18.1. The van der Waals surface area contributed by atoms with Gasteiger partial charge in [-0.15, -0.1) is 0 Å². The van der Waals surface area contributed by atoms with Gasteiger partial charge in [-0.1, -0.05) is 0 Å². The summed E-state index contributed by atoms with van der Waals surface area (Å²) in [6.07, 6.45) is 1.41. The summed E-state index contributed by atoms with van der Waals surface area (Å²) < 4.78 is 12.7. The van der Waals surface area contributed by atoms with Gasteiger partial charge in [0.25, 0.3) is 17.8 Å². The Bertz CT molecular complexity index is 1490. The molecule has 0 saturated heterocycles. The van der Waals surface area contributed by atoms with E-state index in [9.17, 15) is 9.59 Å². The first kappa shape index (κ1) is 19.4. The summed E-state index contributed by atoms with van der Waals surface area (Å²) in [7, 11) is 0. The van der Waals surface area contributed by atoms with Gasteiger partial charge in [-0.05, 0) is 39.0 Å². The van der Waals surface area contributed by atoms with Gasteiger partial charge in [0, 0.05) is 23.7 Å². The lowest BCUT2D eigenvalue weighted by atomic mass is 10.1. The molecule has 10 heteroatoms. The van der Waals surface area contributed by atoms with E-state index >= 15 is 0 Å². The molecule has 1 aromatic carbocycles. The van der Waals surface area contributed by atoms with Crippen LogP contribution >= 0.6 is 0 Å². The number of anilines is 1. The van der Waals surface area contributed by atoms with Gasteiger partial charge >= 0.3 is 0 Å². The van der Waals surface area contributed by atoms with E-state index in [0.29, 0.717) is 53.1 Å². The number of pyridine rings is 1. The zero-order chi connectivity index (χ0) is 22.9. The van der Waals surface area contributed by atoms with E-state index in [0.717, 1.165) is 16.3 Å². The van der Waals surface area contributed by atoms with Crippen molar-refractivity contribution in [3.8, 4) is 17.4 Å². The van der Waals surface area contributed by atoms with E-state index in [1.54, 1.807) is 25.1 Å². The number of carbonyl (C=O) groups excluding carboxylic acids is 2. The summed E-state index contributed by atoms with van der Waals surface area (Å²) in [5.41, 5.74) is 3.45. The maximum atomic E-state index is 13.5. The second-order valence-electron chi connectivity index (χ2n) is 7.97. The lowest BCUT2D eigenvalue weighted by Gasteiger charge is -2.21. The first-order valence-corrected chi connectivity index (χ1v) is 10.4. The van der Waals surface area contributed by atoms with Crippen molar-refractivity contribution in [3.63, 3.8) is 0 Å². The molecular weight excluding hydrogens is 424 g/mol. The summed E-state index contributed by atoms with van der Waals surface area (Å²) in [6.45, 7) is 6.37. The topological polar surface area (TPSA) is 112 Å². The summed E-state index contributed by atoms with van der Waals surface area (Å²) in [4.78, 5) is 41.3. The summed E-state index contributed by atoms with van der Waals surface area (Å²) in [5, 5.41) is 5.05. The second kappa shape index (κ2) is 6.83. The molecule has 4 aromatic rings. The Morgan fingerprint density at radius 2 is 1.64 bits per heavy atom. The smallest absolute Gasteiger partial charge is 0.267 e. The molecule has 33 heavy (non-hydrogen) atoms. The number of fused-ring (bicyclic) bond motifs is 4. The maximum absolute atomic E-state index is 13.5. The molecule has 164 valence electrons. The van der Waals surface area contributed by atoms with Gasteiger partial charge in [-0.3, -0.25) is 9.59 Å². The number of hydrogen-bond acceptors (Lipinski definition) is 8. The molecule has 3 aromatic heterocycles. The van der Waals surface area contributed by atoms with Crippen molar-refractivity contribution >= 4 is 28.5 Å². The molecule has 5 heterocycles. The number of rotatable bonds is 2. The molecule has 0 bridgehead atoms.